The van der Waals surface area contributed by atoms with Crippen LogP contribution in [0.2, 0.25) is 0 Å². The quantitative estimate of drug-likeness (QED) is 0.805. The van der Waals surface area contributed by atoms with Gasteiger partial charge in [-0.2, -0.15) is 0 Å². The van der Waals surface area contributed by atoms with E-state index in [0.717, 1.165) is 38.3 Å². The number of likely N-dealkylation sites (tertiary alicyclic amines) is 1. The van der Waals surface area contributed by atoms with E-state index in [0.29, 0.717) is 12.5 Å². The van der Waals surface area contributed by atoms with Gasteiger partial charge in [-0.05, 0) is 57.2 Å². The van der Waals surface area contributed by atoms with Crippen molar-refractivity contribution in [1.29, 1.82) is 0 Å². The first-order valence-corrected chi connectivity index (χ1v) is 7.91. The van der Waals surface area contributed by atoms with Crippen LogP contribution >= 0.6 is 24.8 Å². The van der Waals surface area contributed by atoms with Crippen LogP contribution in [-0.4, -0.2) is 43.5 Å². The van der Waals surface area contributed by atoms with Crippen LogP contribution in [0, 0.1) is 17.8 Å². The highest BCUT2D eigenvalue weighted by atomic mass is 35.5. The van der Waals surface area contributed by atoms with Gasteiger partial charge in [0.05, 0.1) is 0 Å². The van der Waals surface area contributed by atoms with Crippen LogP contribution in [0.3, 0.4) is 0 Å². The molecule has 1 aliphatic heterocycles. The molecule has 6 heteroatoms. The van der Waals surface area contributed by atoms with E-state index in [2.05, 4.69) is 17.1 Å². The topological polar surface area (TPSA) is 58.4 Å². The fraction of sp³-hybridized carbons (Fsp3) is 0.933. The minimum absolute atomic E-state index is 0. The molecule has 4 nitrogen and oxygen atoms in total. The maximum atomic E-state index is 12.1. The maximum absolute atomic E-state index is 12.1. The van der Waals surface area contributed by atoms with Crippen LogP contribution in [0.4, 0.5) is 0 Å². The molecule has 2 fully saturated rings. The summed E-state index contributed by atoms with van der Waals surface area (Å²) in [6.07, 6.45) is 5.90. The number of carbonyl (C=O) groups is 1. The lowest BCUT2D eigenvalue weighted by atomic mass is 9.95. The number of nitrogens with zero attached hydrogens (tertiary/aromatic N) is 1. The fourth-order valence-corrected chi connectivity index (χ4v) is 3.42. The largest absolute Gasteiger partial charge is 0.355 e. The predicted molar refractivity (Wildman–Crippen MR) is 92.2 cm³/mol. The van der Waals surface area contributed by atoms with Gasteiger partial charge in [0.25, 0.3) is 0 Å². The lowest BCUT2D eigenvalue weighted by Gasteiger charge is -2.30. The zero-order chi connectivity index (χ0) is 13.7. The number of rotatable bonds is 5. The van der Waals surface area contributed by atoms with E-state index < -0.39 is 0 Å². The third kappa shape index (κ3) is 6.31. The molecule has 0 unspecified atom stereocenters. The highest BCUT2D eigenvalue weighted by Gasteiger charge is 2.31. The molecule has 2 aliphatic rings. The van der Waals surface area contributed by atoms with Crippen molar-refractivity contribution >= 4 is 30.7 Å². The zero-order valence-electron chi connectivity index (χ0n) is 13.1. The highest BCUT2D eigenvalue weighted by molar-refractivity contribution is 5.85. The summed E-state index contributed by atoms with van der Waals surface area (Å²) in [7, 11) is 0. The van der Waals surface area contributed by atoms with Gasteiger partial charge in [-0.3, -0.25) is 4.79 Å². The average molecular weight is 340 g/mol. The van der Waals surface area contributed by atoms with Gasteiger partial charge in [0, 0.05) is 19.0 Å². The second-order valence-electron chi connectivity index (χ2n) is 6.35. The molecule has 0 aromatic rings. The van der Waals surface area contributed by atoms with E-state index >= 15 is 0 Å². The highest BCUT2D eigenvalue weighted by Crippen LogP contribution is 2.30. The van der Waals surface area contributed by atoms with Crippen molar-refractivity contribution in [2.75, 3.05) is 32.7 Å². The van der Waals surface area contributed by atoms with E-state index in [9.17, 15) is 4.79 Å². The molecule has 0 bridgehead atoms. The molecule has 1 heterocycles. The van der Waals surface area contributed by atoms with Gasteiger partial charge >= 0.3 is 0 Å². The number of amides is 1. The summed E-state index contributed by atoms with van der Waals surface area (Å²) in [6, 6.07) is 0. The molecule has 3 N–H and O–H groups in total. The van der Waals surface area contributed by atoms with Gasteiger partial charge in [-0.15, -0.1) is 24.8 Å². The third-order valence-electron chi connectivity index (χ3n) is 4.90. The normalized spacial score (nSPS) is 26.8. The Morgan fingerprint density at radius 1 is 1.19 bits per heavy atom. The van der Waals surface area contributed by atoms with Crippen LogP contribution in [0.15, 0.2) is 0 Å². The van der Waals surface area contributed by atoms with Gasteiger partial charge in [0.2, 0.25) is 5.91 Å². The molecule has 2 rings (SSSR count). The molecule has 2 atom stereocenters. The number of piperidine rings is 1. The minimum atomic E-state index is 0. The number of nitrogens with one attached hydrogen (secondary N) is 1. The van der Waals surface area contributed by atoms with Gasteiger partial charge in [-0.25, -0.2) is 0 Å². The van der Waals surface area contributed by atoms with Crippen LogP contribution < -0.4 is 11.1 Å². The summed E-state index contributed by atoms with van der Waals surface area (Å²) >= 11 is 0. The summed E-state index contributed by atoms with van der Waals surface area (Å²) < 4.78 is 0. The summed E-state index contributed by atoms with van der Waals surface area (Å²) in [5, 5.41) is 3.11. The molecule has 0 radical (unpaired) electrons. The first-order chi connectivity index (χ1) is 9.20. The Kier molecular flexibility index (Phi) is 10.6. The standard InChI is InChI=1S/C15H29N3O.2ClH/c1-12-5-8-18(9-6-12)10-7-17-15(19)14-4-2-3-13(14)11-16;;/h12-14H,2-11,16H2,1H3,(H,17,19);2*1H/t13-,14-;;/m1../s1. The van der Waals surface area contributed by atoms with Crippen molar-refractivity contribution < 1.29 is 4.79 Å². The van der Waals surface area contributed by atoms with Crippen molar-refractivity contribution in [2.24, 2.45) is 23.5 Å². The van der Waals surface area contributed by atoms with Gasteiger partial charge in [0.15, 0.2) is 0 Å². The van der Waals surface area contributed by atoms with Gasteiger partial charge < -0.3 is 16.0 Å². The minimum Gasteiger partial charge on any atom is -0.355 e. The fourth-order valence-electron chi connectivity index (χ4n) is 3.42. The summed E-state index contributed by atoms with van der Waals surface area (Å²) in [5.74, 6) is 1.69. The van der Waals surface area contributed by atoms with Crippen molar-refractivity contribution in [2.45, 2.75) is 39.0 Å². The Balaban J connectivity index is 0.00000200. The Bertz CT molecular complexity index is 297. The lowest BCUT2D eigenvalue weighted by Crippen LogP contribution is -2.41. The molecule has 21 heavy (non-hydrogen) atoms. The molecule has 0 spiro atoms. The van der Waals surface area contributed by atoms with Crippen molar-refractivity contribution in [1.82, 2.24) is 10.2 Å². The Labute approximate surface area is 141 Å². The summed E-state index contributed by atoms with van der Waals surface area (Å²) in [6.45, 7) is 7.14. The molecule has 1 saturated heterocycles. The van der Waals surface area contributed by atoms with Crippen molar-refractivity contribution in [3.63, 3.8) is 0 Å². The summed E-state index contributed by atoms with van der Waals surface area (Å²) in [4.78, 5) is 14.6. The lowest BCUT2D eigenvalue weighted by molar-refractivity contribution is -0.126. The van der Waals surface area contributed by atoms with Crippen LogP contribution in [0.25, 0.3) is 0 Å². The number of halogens is 2. The van der Waals surface area contributed by atoms with Crippen LogP contribution in [0.1, 0.15) is 39.0 Å². The number of hydrogen-bond acceptors (Lipinski definition) is 3. The number of hydrogen-bond donors (Lipinski definition) is 2. The molecule has 1 aliphatic carbocycles. The summed E-state index contributed by atoms with van der Waals surface area (Å²) in [5.41, 5.74) is 5.73. The van der Waals surface area contributed by atoms with Crippen LogP contribution in [-0.2, 0) is 4.79 Å². The van der Waals surface area contributed by atoms with E-state index in [1.165, 1.54) is 25.9 Å². The van der Waals surface area contributed by atoms with E-state index in [1.54, 1.807) is 0 Å². The maximum Gasteiger partial charge on any atom is 0.223 e. The number of nitrogens with two attached hydrogens (primary N) is 1. The van der Waals surface area contributed by atoms with Gasteiger partial charge in [0.1, 0.15) is 0 Å². The van der Waals surface area contributed by atoms with Crippen LogP contribution in [0.5, 0.6) is 0 Å². The van der Waals surface area contributed by atoms with E-state index in [-0.39, 0.29) is 36.6 Å². The smallest absolute Gasteiger partial charge is 0.223 e. The van der Waals surface area contributed by atoms with E-state index in [4.69, 9.17) is 5.73 Å². The third-order valence-corrected chi connectivity index (χ3v) is 4.90. The number of carbonyl (C=O) groups excluding carboxylic acids is 1. The monoisotopic (exact) mass is 339 g/mol. The Morgan fingerprint density at radius 3 is 2.48 bits per heavy atom. The van der Waals surface area contributed by atoms with Crippen molar-refractivity contribution in [3.8, 4) is 0 Å². The molecule has 0 aromatic heterocycles. The molecule has 126 valence electrons. The first kappa shape index (κ1) is 21.0. The molecule has 1 amide bonds. The predicted octanol–water partition coefficient (Wildman–Crippen LogP) is 2.05. The molecular weight excluding hydrogens is 309 g/mol. The molecule has 0 aromatic carbocycles. The van der Waals surface area contributed by atoms with E-state index in [1.807, 2.05) is 0 Å². The Morgan fingerprint density at radius 2 is 1.86 bits per heavy atom. The zero-order valence-corrected chi connectivity index (χ0v) is 14.7. The second kappa shape index (κ2) is 10.7. The Hall–Kier alpha value is -0.0300. The first-order valence-electron chi connectivity index (χ1n) is 7.91. The second-order valence-corrected chi connectivity index (χ2v) is 6.35. The van der Waals surface area contributed by atoms with Gasteiger partial charge in [-0.1, -0.05) is 13.3 Å². The average Bonchev–Trinajstić information content (AvgIpc) is 2.89. The van der Waals surface area contributed by atoms with Crippen molar-refractivity contribution in [3.05, 3.63) is 0 Å². The SMILES string of the molecule is CC1CCN(CCNC(=O)[C@@H]2CCC[C@@H]2CN)CC1.Cl.Cl. The molecular formula is C15H31Cl2N3O. The molecule has 1 saturated carbocycles.